The first kappa shape index (κ1) is 26.9. The summed E-state index contributed by atoms with van der Waals surface area (Å²) in [5.74, 6) is 1.03. The molecule has 1 N–H and O–H groups in total. The van der Waals surface area contributed by atoms with Crippen molar-refractivity contribution in [3.8, 4) is 17.2 Å². The molecule has 0 spiro atoms. The number of amides is 1. The molecule has 0 aliphatic carbocycles. The van der Waals surface area contributed by atoms with E-state index in [9.17, 15) is 13.2 Å². The van der Waals surface area contributed by atoms with E-state index in [1.807, 2.05) is 31.2 Å². The van der Waals surface area contributed by atoms with Crippen molar-refractivity contribution in [2.45, 2.75) is 25.2 Å². The number of sulfonamides is 1. The van der Waals surface area contributed by atoms with Crippen LogP contribution in [0.25, 0.3) is 0 Å². The van der Waals surface area contributed by atoms with E-state index in [2.05, 4.69) is 12.2 Å². The summed E-state index contributed by atoms with van der Waals surface area (Å²) in [4.78, 5) is 12.9. The fourth-order valence-electron chi connectivity index (χ4n) is 3.50. The van der Waals surface area contributed by atoms with Gasteiger partial charge in [0.15, 0.2) is 11.5 Å². The highest BCUT2D eigenvalue weighted by atomic mass is 32.2. The number of nitrogens with one attached hydrogen (secondary N) is 1. The van der Waals surface area contributed by atoms with Crippen molar-refractivity contribution in [2.75, 3.05) is 38.2 Å². The Bertz CT molecular complexity index is 1260. The van der Waals surface area contributed by atoms with Crippen molar-refractivity contribution in [3.05, 3.63) is 77.9 Å². The minimum atomic E-state index is -4.05. The van der Waals surface area contributed by atoms with Crippen LogP contribution in [0.3, 0.4) is 0 Å². The molecule has 0 saturated heterocycles. The van der Waals surface area contributed by atoms with Gasteiger partial charge in [-0.15, -0.1) is 0 Å². The van der Waals surface area contributed by atoms with Crippen LogP contribution in [0.4, 0.5) is 5.69 Å². The van der Waals surface area contributed by atoms with E-state index < -0.39 is 22.5 Å². The minimum Gasteiger partial charge on any atom is -0.493 e. The molecule has 0 aliphatic rings. The van der Waals surface area contributed by atoms with Crippen LogP contribution in [0.2, 0.25) is 0 Å². The fraction of sp³-hybridized carbons (Fsp3) is 0.296. The van der Waals surface area contributed by atoms with E-state index in [0.717, 1.165) is 16.3 Å². The van der Waals surface area contributed by atoms with E-state index in [-0.39, 0.29) is 23.7 Å². The van der Waals surface area contributed by atoms with Crippen molar-refractivity contribution < 1.29 is 27.4 Å². The van der Waals surface area contributed by atoms with Crippen LogP contribution in [-0.4, -0.2) is 48.2 Å². The number of hydrogen-bond donors (Lipinski definition) is 1. The van der Waals surface area contributed by atoms with Crippen LogP contribution in [0, 0.1) is 6.92 Å². The van der Waals surface area contributed by atoms with Gasteiger partial charge in [0.25, 0.3) is 10.0 Å². The molecular formula is C27H32N2O6S. The lowest BCUT2D eigenvalue weighted by Gasteiger charge is -2.25. The van der Waals surface area contributed by atoms with Crippen molar-refractivity contribution >= 4 is 21.6 Å². The molecule has 0 heterocycles. The maximum absolute atomic E-state index is 13.6. The second-order valence-corrected chi connectivity index (χ2v) is 9.92. The second-order valence-electron chi connectivity index (χ2n) is 8.06. The number of carbonyl (C=O) groups is 1. The summed E-state index contributed by atoms with van der Waals surface area (Å²) in [7, 11) is -1.09. The number of aryl methyl sites for hydroxylation is 2. The quantitative estimate of drug-likeness (QED) is 0.369. The lowest BCUT2D eigenvalue weighted by Crippen LogP contribution is -2.42. The zero-order valence-electron chi connectivity index (χ0n) is 21.0. The van der Waals surface area contributed by atoms with Gasteiger partial charge in [-0.3, -0.25) is 9.10 Å². The third kappa shape index (κ3) is 6.69. The molecule has 1 amide bonds. The standard InChI is InChI=1S/C27H32N2O6S/c1-5-21-8-11-23(12-9-21)35-17-16-28-27(30)19-29(22-10-15-25(33-3)26(18-22)34-4)36(31,32)24-13-6-20(2)7-14-24/h6-15,18H,5,16-17,19H2,1-4H3,(H,28,30). The maximum Gasteiger partial charge on any atom is 0.264 e. The molecule has 3 aromatic rings. The third-order valence-electron chi connectivity index (χ3n) is 5.58. The van der Waals surface area contributed by atoms with E-state index in [1.165, 1.54) is 38.0 Å². The van der Waals surface area contributed by atoms with Gasteiger partial charge in [0.05, 0.1) is 31.3 Å². The number of benzene rings is 3. The number of hydrogen-bond acceptors (Lipinski definition) is 6. The number of carbonyl (C=O) groups excluding carboxylic acids is 1. The van der Waals surface area contributed by atoms with Gasteiger partial charge in [0.2, 0.25) is 5.91 Å². The zero-order valence-corrected chi connectivity index (χ0v) is 21.8. The Balaban J connectivity index is 1.75. The Kier molecular flexibility index (Phi) is 9.19. The lowest BCUT2D eigenvalue weighted by molar-refractivity contribution is -0.119. The first-order chi connectivity index (χ1) is 17.3. The molecule has 3 rings (SSSR count). The summed E-state index contributed by atoms with van der Waals surface area (Å²) >= 11 is 0. The van der Waals surface area contributed by atoms with Gasteiger partial charge in [-0.05, 0) is 55.3 Å². The smallest absolute Gasteiger partial charge is 0.264 e. The lowest BCUT2D eigenvalue weighted by atomic mass is 10.2. The van der Waals surface area contributed by atoms with Gasteiger partial charge in [-0.1, -0.05) is 36.8 Å². The normalized spacial score (nSPS) is 11.0. The van der Waals surface area contributed by atoms with Gasteiger partial charge in [-0.25, -0.2) is 8.42 Å². The highest BCUT2D eigenvalue weighted by Crippen LogP contribution is 2.33. The summed E-state index contributed by atoms with van der Waals surface area (Å²) in [6, 6.07) is 18.9. The van der Waals surface area contributed by atoms with Crippen LogP contribution in [0.15, 0.2) is 71.6 Å². The largest absolute Gasteiger partial charge is 0.493 e. The molecule has 0 aromatic heterocycles. The van der Waals surface area contributed by atoms with E-state index >= 15 is 0 Å². The van der Waals surface area contributed by atoms with Crippen molar-refractivity contribution in [3.63, 3.8) is 0 Å². The van der Waals surface area contributed by atoms with Crippen molar-refractivity contribution in [1.29, 1.82) is 0 Å². The first-order valence-corrected chi connectivity index (χ1v) is 13.0. The summed E-state index contributed by atoms with van der Waals surface area (Å²) in [5, 5.41) is 2.73. The summed E-state index contributed by atoms with van der Waals surface area (Å²) in [6.45, 7) is 4.00. The first-order valence-electron chi connectivity index (χ1n) is 11.6. The van der Waals surface area contributed by atoms with Gasteiger partial charge in [0, 0.05) is 6.07 Å². The monoisotopic (exact) mass is 512 g/mol. The van der Waals surface area contributed by atoms with Crippen molar-refractivity contribution in [1.82, 2.24) is 5.32 Å². The van der Waals surface area contributed by atoms with Crippen LogP contribution < -0.4 is 23.8 Å². The highest BCUT2D eigenvalue weighted by Gasteiger charge is 2.28. The predicted molar refractivity (Wildman–Crippen MR) is 140 cm³/mol. The predicted octanol–water partition coefficient (Wildman–Crippen LogP) is 3.97. The van der Waals surface area contributed by atoms with Gasteiger partial charge in [-0.2, -0.15) is 0 Å². The molecule has 0 atom stereocenters. The topological polar surface area (TPSA) is 94.2 Å². The van der Waals surface area contributed by atoms with Crippen LogP contribution >= 0.6 is 0 Å². The van der Waals surface area contributed by atoms with Gasteiger partial charge in [0.1, 0.15) is 18.9 Å². The average Bonchev–Trinajstić information content (AvgIpc) is 2.89. The Morgan fingerprint density at radius 2 is 1.58 bits per heavy atom. The Morgan fingerprint density at radius 1 is 0.917 bits per heavy atom. The SMILES string of the molecule is CCc1ccc(OCCNC(=O)CN(c2ccc(OC)c(OC)c2)S(=O)(=O)c2ccc(C)cc2)cc1. The Morgan fingerprint density at radius 3 is 2.19 bits per heavy atom. The molecule has 8 nitrogen and oxygen atoms in total. The molecule has 0 aliphatic heterocycles. The molecule has 192 valence electrons. The maximum atomic E-state index is 13.6. The van der Waals surface area contributed by atoms with Crippen molar-refractivity contribution in [2.24, 2.45) is 0 Å². The summed E-state index contributed by atoms with van der Waals surface area (Å²) in [5.41, 5.74) is 2.41. The van der Waals surface area contributed by atoms with E-state index in [0.29, 0.717) is 17.2 Å². The molecule has 9 heteroatoms. The Hall–Kier alpha value is -3.72. The van der Waals surface area contributed by atoms with Gasteiger partial charge < -0.3 is 19.5 Å². The number of anilines is 1. The Labute approximate surface area is 212 Å². The number of methoxy groups -OCH3 is 2. The zero-order chi connectivity index (χ0) is 26.1. The number of ether oxygens (including phenoxy) is 3. The fourth-order valence-corrected chi connectivity index (χ4v) is 4.91. The molecule has 0 fully saturated rings. The minimum absolute atomic E-state index is 0.0783. The second kappa shape index (κ2) is 12.3. The number of rotatable bonds is 12. The molecule has 3 aromatic carbocycles. The number of nitrogens with zero attached hydrogens (tertiary/aromatic N) is 1. The summed E-state index contributed by atoms with van der Waals surface area (Å²) in [6.07, 6.45) is 0.943. The van der Waals surface area contributed by atoms with Gasteiger partial charge >= 0.3 is 0 Å². The molecular weight excluding hydrogens is 480 g/mol. The molecule has 0 saturated carbocycles. The van der Waals surface area contributed by atoms with Crippen LogP contribution in [0.5, 0.6) is 17.2 Å². The highest BCUT2D eigenvalue weighted by molar-refractivity contribution is 7.92. The third-order valence-corrected chi connectivity index (χ3v) is 7.36. The van der Waals surface area contributed by atoms with E-state index in [1.54, 1.807) is 24.3 Å². The molecule has 36 heavy (non-hydrogen) atoms. The van der Waals surface area contributed by atoms with E-state index in [4.69, 9.17) is 14.2 Å². The summed E-state index contributed by atoms with van der Waals surface area (Å²) < 4.78 is 44.4. The van der Waals surface area contributed by atoms with Crippen LogP contribution in [0.1, 0.15) is 18.1 Å². The van der Waals surface area contributed by atoms with Crippen LogP contribution in [-0.2, 0) is 21.2 Å². The average molecular weight is 513 g/mol. The molecule has 0 bridgehead atoms. The molecule has 0 unspecified atom stereocenters. The molecule has 0 radical (unpaired) electrons.